The van der Waals surface area contributed by atoms with E-state index in [9.17, 15) is 0 Å². The molecule has 0 bridgehead atoms. The summed E-state index contributed by atoms with van der Waals surface area (Å²) in [5.41, 5.74) is 0.439. The van der Waals surface area contributed by atoms with Crippen molar-refractivity contribution in [2.24, 2.45) is 17.3 Å². The first kappa shape index (κ1) is 13.0. The first-order valence-corrected chi connectivity index (χ1v) is 6.73. The summed E-state index contributed by atoms with van der Waals surface area (Å²) in [5, 5.41) is 3.68. The Balaban J connectivity index is 2.14. The third-order valence-corrected chi connectivity index (χ3v) is 4.30. The minimum Gasteiger partial charge on any atom is -0.316 e. The Labute approximate surface area is 96.0 Å². The summed E-state index contributed by atoms with van der Waals surface area (Å²) >= 11 is 0. The van der Waals surface area contributed by atoms with Crippen LogP contribution in [0.4, 0.5) is 0 Å². The zero-order chi connectivity index (χ0) is 11.3. The van der Waals surface area contributed by atoms with Gasteiger partial charge in [0.15, 0.2) is 0 Å². The maximum absolute atomic E-state index is 3.68. The van der Waals surface area contributed by atoms with Gasteiger partial charge < -0.3 is 5.32 Å². The predicted molar refractivity (Wildman–Crippen MR) is 68.1 cm³/mol. The van der Waals surface area contributed by atoms with Crippen molar-refractivity contribution in [1.29, 1.82) is 0 Å². The van der Waals surface area contributed by atoms with Crippen molar-refractivity contribution >= 4 is 0 Å². The quantitative estimate of drug-likeness (QED) is 0.728. The van der Waals surface area contributed by atoms with Crippen molar-refractivity contribution in [3.63, 3.8) is 0 Å². The van der Waals surface area contributed by atoms with Crippen LogP contribution < -0.4 is 5.32 Å². The monoisotopic (exact) mass is 211 g/mol. The molecule has 0 aromatic heterocycles. The van der Waals surface area contributed by atoms with Gasteiger partial charge in [0.05, 0.1) is 0 Å². The van der Waals surface area contributed by atoms with Crippen molar-refractivity contribution in [3.8, 4) is 0 Å². The average Bonchev–Trinajstić information content (AvgIpc) is 2.19. The summed E-state index contributed by atoms with van der Waals surface area (Å²) < 4.78 is 0. The lowest BCUT2D eigenvalue weighted by atomic mass is 9.81. The molecule has 0 spiro atoms. The van der Waals surface area contributed by atoms with E-state index in [2.05, 4.69) is 33.0 Å². The zero-order valence-corrected chi connectivity index (χ0v) is 11.1. The Morgan fingerprint density at radius 2 is 1.73 bits per heavy atom. The van der Waals surface area contributed by atoms with Gasteiger partial charge in [0, 0.05) is 6.54 Å². The standard InChI is InChI=1S/C14H29N/c1-12(2)14(3,4)11-15-10-13-8-6-5-7-9-13/h12-13,15H,5-11H2,1-4H3. The van der Waals surface area contributed by atoms with Crippen LogP contribution in [0.5, 0.6) is 0 Å². The molecule has 0 saturated heterocycles. The average molecular weight is 211 g/mol. The van der Waals surface area contributed by atoms with Crippen molar-refractivity contribution in [2.75, 3.05) is 13.1 Å². The highest BCUT2D eigenvalue weighted by Crippen LogP contribution is 2.26. The van der Waals surface area contributed by atoms with Crippen LogP contribution in [-0.4, -0.2) is 13.1 Å². The van der Waals surface area contributed by atoms with Crippen LogP contribution in [0.15, 0.2) is 0 Å². The molecule has 0 heterocycles. The first-order chi connectivity index (χ1) is 7.02. The molecule has 1 heteroatoms. The van der Waals surface area contributed by atoms with E-state index < -0.39 is 0 Å². The molecular weight excluding hydrogens is 182 g/mol. The summed E-state index contributed by atoms with van der Waals surface area (Å²) in [6, 6.07) is 0. The smallest absolute Gasteiger partial charge is 0.000508 e. The molecule has 0 unspecified atom stereocenters. The van der Waals surface area contributed by atoms with E-state index in [1.54, 1.807) is 0 Å². The molecule has 1 N–H and O–H groups in total. The maximum atomic E-state index is 3.68. The fraction of sp³-hybridized carbons (Fsp3) is 1.00. The molecule has 0 amide bonds. The van der Waals surface area contributed by atoms with Gasteiger partial charge in [-0.05, 0) is 36.6 Å². The second kappa shape index (κ2) is 5.89. The largest absolute Gasteiger partial charge is 0.316 e. The third kappa shape index (κ3) is 4.55. The zero-order valence-electron chi connectivity index (χ0n) is 11.1. The Hall–Kier alpha value is -0.0400. The van der Waals surface area contributed by atoms with Crippen LogP contribution >= 0.6 is 0 Å². The number of hydrogen-bond donors (Lipinski definition) is 1. The highest BCUT2D eigenvalue weighted by molar-refractivity contribution is 4.76. The molecular formula is C14H29N. The normalized spacial score (nSPS) is 19.8. The van der Waals surface area contributed by atoms with Gasteiger partial charge >= 0.3 is 0 Å². The van der Waals surface area contributed by atoms with Crippen molar-refractivity contribution in [2.45, 2.75) is 59.8 Å². The molecule has 1 nitrogen and oxygen atoms in total. The van der Waals surface area contributed by atoms with Crippen LogP contribution in [0.1, 0.15) is 59.8 Å². The van der Waals surface area contributed by atoms with Crippen molar-refractivity contribution in [1.82, 2.24) is 5.32 Å². The molecule has 0 aromatic carbocycles. The molecule has 0 aliphatic heterocycles. The summed E-state index contributed by atoms with van der Waals surface area (Å²) in [5.74, 6) is 1.72. The highest BCUT2D eigenvalue weighted by atomic mass is 14.9. The van der Waals surface area contributed by atoms with E-state index in [1.165, 1.54) is 45.2 Å². The Morgan fingerprint density at radius 1 is 1.13 bits per heavy atom. The second-order valence-corrected chi connectivity index (χ2v) is 6.28. The van der Waals surface area contributed by atoms with E-state index in [-0.39, 0.29) is 0 Å². The molecule has 1 saturated carbocycles. The lowest BCUT2D eigenvalue weighted by Crippen LogP contribution is -2.36. The number of rotatable bonds is 5. The van der Waals surface area contributed by atoms with Gasteiger partial charge in [-0.3, -0.25) is 0 Å². The number of nitrogens with one attached hydrogen (secondary N) is 1. The lowest BCUT2D eigenvalue weighted by molar-refractivity contribution is 0.227. The molecule has 0 radical (unpaired) electrons. The molecule has 90 valence electrons. The van der Waals surface area contributed by atoms with E-state index in [0.717, 1.165) is 11.8 Å². The fourth-order valence-corrected chi connectivity index (χ4v) is 2.19. The second-order valence-electron chi connectivity index (χ2n) is 6.28. The van der Waals surface area contributed by atoms with Gasteiger partial charge in [-0.2, -0.15) is 0 Å². The Morgan fingerprint density at radius 3 is 2.27 bits per heavy atom. The van der Waals surface area contributed by atoms with Crippen LogP contribution in [0.25, 0.3) is 0 Å². The molecule has 1 rings (SSSR count). The minimum absolute atomic E-state index is 0.439. The topological polar surface area (TPSA) is 12.0 Å². The van der Waals surface area contributed by atoms with Gasteiger partial charge in [-0.15, -0.1) is 0 Å². The van der Waals surface area contributed by atoms with E-state index in [1.807, 2.05) is 0 Å². The lowest BCUT2D eigenvalue weighted by Gasteiger charge is -2.31. The highest BCUT2D eigenvalue weighted by Gasteiger charge is 2.22. The predicted octanol–water partition coefficient (Wildman–Crippen LogP) is 3.84. The summed E-state index contributed by atoms with van der Waals surface area (Å²) in [6.07, 6.45) is 7.29. The van der Waals surface area contributed by atoms with Gasteiger partial charge in [-0.1, -0.05) is 47.0 Å². The van der Waals surface area contributed by atoms with E-state index in [0.29, 0.717) is 5.41 Å². The summed E-state index contributed by atoms with van der Waals surface area (Å²) in [7, 11) is 0. The van der Waals surface area contributed by atoms with Crippen LogP contribution in [0.3, 0.4) is 0 Å². The number of hydrogen-bond acceptors (Lipinski definition) is 1. The van der Waals surface area contributed by atoms with Crippen LogP contribution in [0, 0.1) is 17.3 Å². The molecule has 0 aromatic rings. The minimum atomic E-state index is 0.439. The maximum Gasteiger partial charge on any atom is 0.000508 e. The first-order valence-electron chi connectivity index (χ1n) is 6.73. The van der Waals surface area contributed by atoms with Crippen LogP contribution in [-0.2, 0) is 0 Å². The van der Waals surface area contributed by atoms with Gasteiger partial charge in [0.1, 0.15) is 0 Å². The van der Waals surface area contributed by atoms with E-state index >= 15 is 0 Å². The molecule has 1 aliphatic carbocycles. The summed E-state index contributed by atoms with van der Waals surface area (Å²) in [6.45, 7) is 11.8. The van der Waals surface area contributed by atoms with Crippen molar-refractivity contribution < 1.29 is 0 Å². The molecule has 0 atom stereocenters. The Kier molecular flexibility index (Phi) is 5.11. The fourth-order valence-electron chi connectivity index (χ4n) is 2.19. The van der Waals surface area contributed by atoms with Gasteiger partial charge in [0.2, 0.25) is 0 Å². The Bertz CT molecular complexity index is 166. The molecule has 1 aliphatic rings. The van der Waals surface area contributed by atoms with Gasteiger partial charge in [-0.25, -0.2) is 0 Å². The SMILES string of the molecule is CC(C)C(C)(C)CNCC1CCCCC1. The van der Waals surface area contributed by atoms with Gasteiger partial charge in [0.25, 0.3) is 0 Å². The molecule has 1 fully saturated rings. The third-order valence-electron chi connectivity index (χ3n) is 4.30. The van der Waals surface area contributed by atoms with Crippen molar-refractivity contribution in [3.05, 3.63) is 0 Å². The van der Waals surface area contributed by atoms with Crippen LogP contribution in [0.2, 0.25) is 0 Å². The molecule has 15 heavy (non-hydrogen) atoms. The van der Waals surface area contributed by atoms with E-state index in [4.69, 9.17) is 0 Å². The summed E-state index contributed by atoms with van der Waals surface area (Å²) in [4.78, 5) is 0.